The van der Waals surface area contributed by atoms with Gasteiger partial charge < -0.3 is 21.5 Å². The summed E-state index contributed by atoms with van der Waals surface area (Å²) in [6, 6.07) is 13.6. The molecular formula is C27H28N6O4S. The molecule has 0 saturated heterocycles. The third-order valence-corrected chi connectivity index (χ3v) is 6.90. The number of rotatable bonds is 9. The van der Waals surface area contributed by atoms with Crippen molar-refractivity contribution in [3.05, 3.63) is 82.0 Å². The molecule has 0 aliphatic carbocycles. The normalized spacial score (nSPS) is 11.8. The zero-order valence-corrected chi connectivity index (χ0v) is 22.0. The molecule has 0 unspecified atom stereocenters. The lowest BCUT2D eigenvalue weighted by molar-refractivity contribution is -0.122. The number of aryl methyl sites for hydroxylation is 2. The van der Waals surface area contributed by atoms with Crippen LogP contribution in [-0.4, -0.2) is 47.3 Å². The fourth-order valence-corrected chi connectivity index (χ4v) is 4.88. The van der Waals surface area contributed by atoms with Crippen LogP contribution < -0.4 is 21.7 Å². The van der Waals surface area contributed by atoms with Gasteiger partial charge in [-0.3, -0.25) is 24.3 Å². The van der Waals surface area contributed by atoms with Crippen molar-refractivity contribution in [2.24, 2.45) is 5.73 Å². The van der Waals surface area contributed by atoms with Gasteiger partial charge in [0, 0.05) is 30.9 Å². The van der Waals surface area contributed by atoms with Gasteiger partial charge in [-0.2, -0.15) is 4.37 Å². The minimum absolute atomic E-state index is 0.0110. The summed E-state index contributed by atoms with van der Waals surface area (Å²) in [4.78, 5) is 45.6. The first-order valence-corrected chi connectivity index (χ1v) is 12.6. The van der Waals surface area contributed by atoms with Gasteiger partial charge in [-0.05, 0) is 66.3 Å². The topological polar surface area (TPSA) is 154 Å². The molecule has 2 aromatic heterocycles. The Morgan fingerprint density at radius 2 is 1.92 bits per heavy atom. The summed E-state index contributed by atoms with van der Waals surface area (Å²) in [5.74, 6) is -1.84. The lowest BCUT2D eigenvalue weighted by Crippen LogP contribution is -2.45. The smallest absolute Gasteiger partial charge is 0.273 e. The average Bonchev–Trinajstić information content (AvgIpc) is 3.29. The maximum Gasteiger partial charge on any atom is 0.273 e. The van der Waals surface area contributed by atoms with E-state index in [0.717, 1.165) is 33.6 Å². The van der Waals surface area contributed by atoms with Crippen LogP contribution in [0.2, 0.25) is 0 Å². The number of benzene rings is 2. The number of primary amides is 1. The average molecular weight is 533 g/mol. The molecule has 3 amide bonds. The lowest BCUT2D eigenvalue weighted by Gasteiger charge is -2.32. The molecule has 38 heavy (non-hydrogen) atoms. The van der Waals surface area contributed by atoms with Gasteiger partial charge in [-0.25, -0.2) is 0 Å². The molecule has 1 atom stereocenters. The second kappa shape index (κ2) is 11.4. The number of ether oxygens (including phenoxy) is 1. The van der Waals surface area contributed by atoms with Crippen LogP contribution in [0.4, 0.5) is 11.4 Å². The second-order valence-corrected chi connectivity index (χ2v) is 9.52. The first-order chi connectivity index (χ1) is 18.2. The molecule has 5 N–H and O–H groups in total. The van der Waals surface area contributed by atoms with E-state index in [1.54, 1.807) is 24.4 Å². The number of nitrogens with two attached hydrogens (primary N) is 2. The van der Waals surface area contributed by atoms with E-state index in [2.05, 4.69) is 14.7 Å². The van der Waals surface area contributed by atoms with E-state index < -0.39 is 23.8 Å². The Bertz CT molecular complexity index is 1520. The van der Waals surface area contributed by atoms with Crippen LogP contribution >= 0.6 is 11.5 Å². The Kier molecular flexibility index (Phi) is 7.99. The van der Waals surface area contributed by atoms with Crippen LogP contribution in [0.5, 0.6) is 0 Å². The van der Waals surface area contributed by atoms with Crippen LogP contribution in [0.25, 0.3) is 10.9 Å². The molecule has 0 spiro atoms. The molecule has 0 aliphatic heterocycles. The Labute approximate surface area is 223 Å². The first-order valence-electron chi connectivity index (χ1n) is 11.8. The summed E-state index contributed by atoms with van der Waals surface area (Å²) in [5.41, 5.74) is 14.7. The van der Waals surface area contributed by atoms with Crippen LogP contribution in [-0.2, 0) is 9.53 Å². The highest BCUT2D eigenvalue weighted by atomic mass is 32.1. The summed E-state index contributed by atoms with van der Waals surface area (Å²) < 4.78 is 9.10. The van der Waals surface area contributed by atoms with E-state index in [0.29, 0.717) is 17.9 Å². The maximum absolute atomic E-state index is 14.2. The van der Waals surface area contributed by atoms with Crippen LogP contribution in [0, 0.1) is 13.8 Å². The zero-order valence-electron chi connectivity index (χ0n) is 21.2. The third-order valence-electron chi connectivity index (χ3n) is 6.05. The van der Waals surface area contributed by atoms with E-state index in [-0.39, 0.29) is 22.8 Å². The molecule has 0 saturated carbocycles. The summed E-state index contributed by atoms with van der Waals surface area (Å²) in [6.07, 6.45) is 1.69. The van der Waals surface area contributed by atoms with Crippen molar-refractivity contribution in [2.75, 3.05) is 30.9 Å². The number of nitrogens with zero attached hydrogens (tertiary/aromatic N) is 3. The van der Waals surface area contributed by atoms with Crippen molar-refractivity contribution in [3.8, 4) is 0 Å². The van der Waals surface area contributed by atoms with Crippen molar-refractivity contribution in [2.45, 2.75) is 19.9 Å². The second-order valence-electron chi connectivity index (χ2n) is 8.75. The Morgan fingerprint density at radius 1 is 1.13 bits per heavy atom. The number of hydrogen-bond donors (Lipinski definition) is 3. The number of methoxy groups -OCH3 is 1. The molecule has 2 aromatic carbocycles. The van der Waals surface area contributed by atoms with Gasteiger partial charge in [0.2, 0.25) is 5.91 Å². The van der Waals surface area contributed by atoms with E-state index in [1.807, 2.05) is 44.2 Å². The predicted octanol–water partition coefficient (Wildman–Crippen LogP) is 3.14. The number of anilines is 2. The van der Waals surface area contributed by atoms with Gasteiger partial charge in [-0.1, -0.05) is 24.3 Å². The van der Waals surface area contributed by atoms with Crippen molar-refractivity contribution >= 4 is 51.5 Å². The lowest BCUT2D eigenvalue weighted by atomic mass is 9.99. The van der Waals surface area contributed by atoms with Crippen LogP contribution in [0.15, 0.2) is 54.7 Å². The maximum atomic E-state index is 14.2. The fraction of sp³-hybridized carbons (Fsp3) is 0.222. The first kappa shape index (κ1) is 26.7. The number of fused-ring (bicyclic) bond motifs is 1. The minimum Gasteiger partial charge on any atom is -0.395 e. The van der Waals surface area contributed by atoms with Gasteiger partial charge in [0.1, 0.15) is 10.9 Å². The molecule has 196 valence electrons. The monoisotopic (exact) mass is 532 g/mol. The Balaban J connectivity index is 1.94. The highest BCUT2D eigenvalue weighted by Gasteiger charge is 2.36. The number of aromatic nitrogens is 2. The van der Waals surface area contributed by atoms with Crippen LogP contribution in [0.1, 0.15) is 42.9 Å². The summed E-state index contributed by atoms with van der Waals surface area (Å²) in [5, 5.41) is 3.67. The van der Waals surface area contributed by atoms with E-state index >= 15 is 0 Å². The summed E-state index contributed by atoms with van der Waals surface area (Å²) >= 11 is 0.765. The molecule has 4 rings (SSSR count). The minimum atomic E-state index is -1.09. The molecule has 10 nitrogen and oxygen atoms in total. The Morgan fingerprint density at radius 3 is 2.63 bits per heavy atom. The Hall–Kier alpha value is -4.35. The number of nitrogens with one attached hydrogen (secondary N) is 1. The van der Waals surface area contributed by atoms with Crippen LogP contribution in [0.3, 0.4) is 0 Å². The number of carbonyl (C=O) groups excluding carboxylic acids is 3. The molecule has 0 aliphatic rings. The predicted molar refractivity (Wildman–Crippen MR) is 147 cm³/mol. The van der Waals surface area contributed by atoms with Gasteiger partial charge in [0.15, 0.2) is 5.69 Å². The molecule has 0 fully saturated rings. The molecule has 2 heterocycles. The molecule has 11 heteroatoms. The highest BCUT2D eigenvalue weighted by Crippen LogP contribution is 2.36. The van der Waals surface area contributed by atoms with Crippen molar-refractivity contribution in [1.29, 1.82) is 0 Å². The van der Waals surface area contributed by atoms with E-state index in [4.69, 9.17) is 16.2 Å². The quantitative estimate of drug-likeness (QED) is 0.280. The number of amides is 3. The highest BCUT2D eigenvalue weighted by molar-refractivity contribution is 7.09. The van der Waals surface area contributed by atoms with E-state index in [9.17, 15) is 14.4 Å². The number of carbonyl (C=O) groups is 3. The number of pyridine rings is 1. The number of nitrogen functional groups attached to an aromatic ring is 1. The van der Waals surface area contributed by atoms with Gasteiger partial charge >= 0.3 is 0 Å². The zero-order chi connectivity index (χ0) is 27.4. The fourth-order valence-electron chi connectivity index (χ4n) is 4.14. The van der Waals surface area contributed by atoms with E-state index in [1.165, 1.54) is 12.0 Å². The van der Waals surface area contributed by atoms with Crippen molar-refractivity contribution in [3.63, 3.8) is 0 Å². The van der Waals surface area contributed by atoms with Gasteiger partial charge in [-0.15, -0.1) is 0 Å². The third kappa shape index (κ3) is 5.34. The molecule has 4 aromatic rings. The number of hydrogen-bond acceptors (Lipinski definition) is 8. The molecular weight excluding hydrogens is 504 g/mol. The van der Waals surface area contributed by atoms with Gasteiger partial charge in [0.05, 0.1) is 17.8 Å². The van der Waals surface area contributed by atoms with Crippen molar-refractivity contribution < 1.29 is 19.1 Å². The summed E-state index contributed by atoms with van der Waals surface area (Å²) in [7, 11) is 1.54. The largest absolute Gasteiger partial charge is 0.395 e. The standard InChI is InChI=1S/C27H28N6O4S/c1-15-6-7-16(2)20(13-15)33(27(36)24-21(28)22(25(29)34)32-38-24)23(26(35)31-11-12-37-3)18-8-9-19-17(14-18)5-4-10-30-19/h4-10,13-14,23H,11-12,28H2,1-3H3,(H2,29,34)(H,31,35)/t23-/m0/s1. The summed E-state index contributed by atoms with van der Waals surface area (Å²) in [6.45, 7) is 4.28. The molecule has 0 radical (unpaired) electrons. The SMILES string of the molecule is COCCNC(=O)[C@H](c1ccc2ncccc2c1)N(C(=O)c1snc(C(N)=O)c1N)c1cc(C)ccc1C. The van der Waals surface area contributed by atoms with Crippen molar-refractivity contribution in [1.82, 2.24) is 14.7 Å². The van der Waals surface area contributed by atoms with Gasteiger partial charge in [0.25, 0.3) is 11.8 Å². The molecule has 0 bridgehead atoms.